The van der Waals surface area contributed by atoms with Crippen molar-refractivity contribution in [1.29, 1.82) is 0 Å². The van der Waals surface area contributed by atoms with Crippen molar-refractivity contribution in [2.45, 2.75) is 54.4 Å². The van der Waals surface area contributed by atoms with E-state index in [-0.39, 0.29) is 13.2 Å². The molecule has 11 nitrogen and oxygen atoms in total. The van der Waals surface area contributed by atoms with E-state index in [1.807, 2.05) is 95.3 Å². The Labute approximate surface area is 249 Å². The Morgan fingerprint density at radius 1 is 0.690 bits per heavy atom. The fraction of sp³-hybridized carbons (Fsp3) is 0.345. The van der Waals surface area contributed by atoms with Crippen molar-refractivity contribution < 1.29 is 33.1 Å². The minimum absolute atomic E-state index is 0.0649. The molecule has 42 heavy (non-hydrogen) atoms. The monoisotopic (exact) mass is 622 g/mol. The number of nitrogens with zero attached hydrogens (tertiary/aromatic N) is 3. The molecule has 1 heterocycles. The molecule has 0 spiro atoms. The number of nitrogens with one attached hydrogen (secondary N) is 1. The molecule has 13 heteroatoms. The van der Waals surface area contributed by atoms with Crippen LogP contribution in [0.25, 0.3) is 0 Å². The van der Waals surface area contributed by atoms with E-state index in [1.54, 1.807) is 25.5 Å². The predicted octanol–water partition coefficient (Wildman–Crippen LogP) is 6.37. The number of rotatable bonds is 7. The van der Waals surface area contributed by atoms with Crippen molar-refractivity contribution in [1.82, 2.24) is 20.6 Å². The summed E-state index contributed by atoms with van der Waals surface area (Å²) in [6.45, 7) is 13.8. The highest BCUT2D eigenvalue weighted by Gasteiger charge is 2.13. The Morgan fingerprint density at radius 3 is 1.33 bits per heavy atom. The van der Waals surface area contributed by atoms with E-state index in [9.17, 15) is 9.13 Å². The van der Waals surface area contributed by atoms with Gasteiger partial charge in [0.2, 0.25) is 0 Å². The molecule has 0 fully saturated rings. The number of H-pyrrole nitrogens is 1. The Bertz CT molecular complexity index is 1210. The molecular weight excluding hydrogens is 578 g/mol. The first-order chi connectivity index (χ1) is 19.8. The number of aryl methyl sites for hydroxylation is 3. The number of tetrazole rings is 1. The quantitative estimate of drug-likeness (QED) is 0.170. The van der Waals surface area contributed by atoms with Crippen molar-refractivity contribution in [3.05, 3.63) is 113 Å². The van der Waals surface area contributed by atoms with Gasteiger partial charge in [-0.25, -0.2) is 4.57 Å². The lowest BCUT2D eigenvalue weighted by Crippen LogP contribution is -1.90. The van der Waals surface area contributed by atoms with Gasteiger partial charge in [0, 0.05) is 13.3 Å². The van der Waals surface area contributed by atoms with Crippen molar-refractivity contribution in [2.24, 2.45) is 0 Å². The highest BCUT2D eigenvalue weighted by Crippen LogP contribution is 2.38. The third-order valence-corrected chi connectivity index (χ3v) is 5.97. The van der Waals surface area contributed by atoms with Crippen LogP contribution in [0.5, 0.6) is 0 Å². The molecule has 0 amide bonds. The Kier molecular flexibility index (Phi) is 20.1. The summed E-state index contributed by atoms with van der Waals surface area (Å²) in [6.07, 6.45) is 1.33. The van der Waals surface area contributed by atoms with Crippen molar-refractivity contribution in [3.63, 3.8) is 0 Å². The Balaban J connectivity index is 0.000000545. The molecule has 0 aliphatic carbocycles. The van der Waals surface area contributed by atoms with Gasteiger partial charge in [-0.1, -0.05) is 109 Å². The first-order valence-electron chi connectivity index (χ1n) is 13.1. The third-order valence-electron chi connectivity index (χ3n) is 4.76. The summed E-state index contributed by atoms with van der Waals surface area (Å²) in [5.41, 5.74) is 6.33. The van der Waals surface area contributed by atoms with Gasteiger partial charge in [0.15, 0.2) is 13.7 Å². The highest BCUT2D eigenvalue weighted by molar-refractivity contribution is 7.57. The molecule has 0 aliphatic heterocycles. The lowest BCUT2D eigenvalue weighted by molar-refractivity contribution is 0.189. The molecule has 0 radical (unpaired) electrons. The number of hydrogen-bond acceptors (Lipinski definition) is 8. The summed E-state index contributed by atoms with van der Waals surface area (Å²) in [7, 11) is -6.69. The second-order valence-electron chi connectivity index (χ2n) is 8.96. The van der Waals surface area contributed by atoms with E-state index in [1.165, 1.54) is 17.5 Å². The van der Waals surface area contributed by atoms with Gasteiger partial charge in [-0.15, -0.1) is 10.2 Å². The van der Waals surface area contributed by atoms with Crippen LogP contribution in [0, 0.1) is 20.8 Å². The SMILES string of the molecule is CC.Cc1ccc(CO)cc1.Cc1ccc(COP(=O)(O)O)cc1.Cc1ccc(COP(C)(C)=O)cc1.c1nn[nH]n1. The van der Waals surface area contributed by atoms with Crippen molar-refractivity contribution in [3.8, 4) is 0 Å². The molecule has 4 rings (SSSR count). The normalized spacial score (nSPS) is 10.3. The Morgan fingerprint density at radius 2 is 1.07 bits per heavy atom. The third kappa shape index (κ3) is 22.7. The number of aromatic amines is 1. The zero-order valence-corrected chi connectivity index (χ0v) is 27.1. The van der Waals surface area contributed by atoms with Gasteiger partial charge >= 0.3 is 7.82 Å². The van der Waals surface area contributed by atoms with E-state index in [2.05, 4.69) is 25.1 Å². The zero-order chi connectivity index (χ0) is 32.0. The van der Waals surface area contributed by atoms with Crippen LogP contribution in [0.3, 0.4) is 0 Å². The van der Waals surface area contributed by atoms with E-state index in [0.29, 0.717) is 6.61 Å². The summed E-state index contributed by atoms with van der Waals surface area (Å²) in [4.78, 5) is 16.8. The lowest BCUT2D eigenvalue weighted by Gasteiger charge is -2.08. The van der Waals surface area contributed by atoms with Crippen LogP contribution < -0.4 is 0 Å². The zero-order valence-electron chi connectivity index (χ0n) is 25.3. The molecule has 0 bridgehead atoms. The highest BCUT2D eigenvalue weighted by atomic mass is 31.2. The maximum Gasteiger partial charge on any atom is 0.469 e. The summed E-state index contributed by atoms with van der Waals surface area (Å²) in [6, 6.07) is 23.1. The smallest absolute Gasteiger partial charge is 0.392 e. The van der Waals surface area contributed by atoms with Gasteiger partial charge in [-0.2, -0.15) is 5.21 Å². The standard InChI is InChI=1S/C10H15O2P.C8H11O4P.C8H10O.C2H6.CH2N4/c1-9-4-6-10(7-5-9)8-12-13(2,3)11;1-7-2-4-8(5-3-7)6-12-13(9,10)11;1-7-2-4-8(6-9)5-3-7;1-2;1-2-4-5-3-1/h4-7H,8H2,1-3H3;2-5H,6H2,1H3,(H2,9,10,11);2-5,9H,6H2,1H3;1-2H3;1H,(H,2,3,4,5). The summed E-state index contributed by atoms with van der Waals surface area (Å²) in [5.74, 6) is 0. The van der Waals surface area contributed by atoms with E-state index < -0.39 is 15.2 Å². The Hall–Kier alpha value is -3.01. The number of benzene rings is 3. The molecule has 0 unspecified atom stereocenters. The number of phosphoric ester groups is 1. The summed E-state index contributed by atoms with van der Waals surface area (Å²) >= 11 is 0. The summed E-state index contributed by atoms with van der Waals surface area (Å²) < 4.78 is 31.1. The largest absolute Gasteiger partial charge is 0.469 e. The molecule has 4 aromatic rings. The number of aromatic nitrogens is 4. The van der Waals surface area contributed by atoms with Gasteiger partial charge in [0.05, 0.1) is 19.8 Å². The fourth-order valence-corrected chi connectivity index (χ4v) is 3.36. The number of hydrogen-bond donors (Lipinski definition) is 4. The maximum absolute atomic E-state index is 11.2. The van der Waals surface area contributed by atoms with Crippen LogP contribution in [-0.4, -0.2) is 48.8 Å². The van der Waals surface area contributed by atoms with Gasteiger partial charge < -0.3 is 19.4 Å². The molecule has 0 saturated heterocycles. The first kappa shape index (κ1) is 39.0. The summed E-state index contributed by atoms with van der Waals surface area (Å²) in [5, 5.41) is 20.8. The van der Waals surface area contributed by atoms with Gasteiger partial charge in [-0.05, 0) is 37.5 Å². The van der Waals surface area contributed by atoms with Gasteiger partial charge in [0.1, 0.15) is 0 Å². The van der Waals surface area contributed by atoms with Crippen molar-refractivity contribution in [2.75, 3.05) is 13.3 Å². The van der Waals surface area contributed by atoms with Crippen LogP contribution in [0.2, 0.25) is 0 Å². The van der Waals surface area contributed by atoms with Crippen LogP contribution >= 0.6 is 15.2 Å². The molecule has 3 aromatic carbocycles. The van der Waals surface area contributed by atoms with Crippen LogP contribution in [-0.2, 0) is 38.0 Å². The van der Waals surface area contributed by atoms with E-state index in [0.717, 1.165) is 22.3 Å². The van der Waals surface area contributed by atoms with Gasteiger partial charge in [-0.3, -0.25) is 9.09 Å². The van der Waals surface area contributed by atoms with E-state index in [4.69, 9.17) is 19.4 Å². The number of aliphatic hydroxyl groups excluding tert-OH is 1. The minimum Gasteiger partial charge on any atom is -0.392 e. The molecule has 1 aromatic heterocycles. The van der Waals surface area contributed by atoms with Crippen molar-refractivity contribution >= 4 is 15.2 Å². The van der Waals surface area contributed by atoms with Crippen LogP contribution in [0.4, 0.5) is 0 Å². The molecule has 0 aliphatic rings. The van der Waals surface area contributed by atoms with Crippen LogP contribution in [0.1, 0.15) is 47.2 Å². The van der Waals surface area contributed by atoms with Crippen LogP contribution in [0.15, 0.2) is 79.1 Å². The second kappa shape index (κ2) is 21.7. The molecule has 4 N–H and O–H groups in total. The van der Waals surface area contributed by atoms with Gasteiger partial charge in [0.25, 0.3) is 0 Å². The molecule has 0 atom stereocenters. The first-order valence-corrected chi connectivity index (χ1v) is 17.2. The number of phosphoric acid groups is 1. The maximum atomic E-state index is 11.2. The second-order valence-corrected chi connectivity index (χ2v) is 13.0. The van der Waals surface area contributed by atoms with E-state index >= 15 is 0 Å². The topological polar surface area (TPSA) is 168 Å². The lowest BCUT2D eigenvalue weighted by atomic mass is 10.2. The minimum atomic E-state index is -4.34. The predicted molar refractivity (Wildman–Crippen MR) is 166 cm³/mol. The molecule has 0 saturated carbocycles. The molecule has 232 valence electrons. The molecular formula is C29H44N4O7P2. The average Bonchev–Trinajstić information content (AvgIpc) is 3.55. The average molecular weight is 623 g/mol. The fourth-order valence-electron chi connectivity index (χ4n) is 2.58. The number of aliphatic hydroxyl groups is 1.